The number of aromatic amines is 1. The van der Waals surface area contributed by atoms with E-state index in [1.165, 1.54) is 19.4 Å². The highest BCUT2D eigenvalue weighted by Gasteiger charge is 2.30. The molecule has 0 aliphatic heterocycles. The molecule has 186 valence electrons. The molecule has 14 heteroatoms. The van der Waals surface area contributed by atoms with Gasteiger partial charge in [0.1, 0.15) is 24.2 Å². The van der Waals surface area contributed by atoms with E-state index in [1.54, 1.807) is 0 Å². The standard InChI is InChI=1S/C19H33N7O6S/c1-10(27)15(21)18(30)25-13(6-11-7-22-9-23-11)16(28)26-14(8-33)17(29)24-12(19(31)32)4-2-3-5-20/h7,9-10,12-15,27,33H,2-6,8,20-21H2,1H3,(H,22,23)(H,24,29)(H,25,30)(H,26,28)(H,31,32). The van der Waals surface area contributed by atoms with Crippen molar-refractivity contribution in [3.8, 4) is 0 Å². The fourth-order valence-electron chi connectivity index (χ4n) is 2.80. The number of carboxylic acids is 1. The van der Waals surface area contributed by atoms with Crippen LogP contribution in [0.25, 0.3) is 0 Å². The topological polar surface area (TPSA) is 226 Å². The molecule has 33 heavy (non-hydrogen) atoms. The molecule has 5 unspecified atom stereocenters. The molecular formula is C19H33N7O6S. The van der Waals surface area contributed by atoms with Crippen molar-refractivity contribution in [3.63, 3.8) is 0 Å². The average molecular weight is 488 g/mol. The van der Waals surface area contributed by atoms with E-state index in [1.807, 2.05) is 0 Å². The van der Waals surface area contributed by atoms with Crippen LogP contribution in [0.15, 0.2) is 12.5 Å². The van der Waals surface area contributed by atoms with Crippen LogP contribution >= 0.6 is 12.6 Å². The van der Waals surface area contributed by atoms with Crippen LogP contribution in [0.2, 0.25) is 0 Å². The molecule has 0 saturated heterocycles. The SMILES string of the molecule is CC(O)C(N)C(=O)NC(Cc1cnc[nH]1)C(=O)NC(CS)C(=O)NC(CCCCN)C(=O)O. The molecule has 1 aromatic heterocycles. The number of unbranched alkanes of at least 4 members (excludes halogenated alkanes) is 1. The summed E-state index contributed by atoms with van der Waals surface area (Å²) >= 11 is 4.08. The Morgan fingerprint density at radius 3 is 2.21 bits per heavy atom. The first kappa shape index (κ1) is 28.4. The summed E-state index contributed by atoms with van der Waals surface area (Å²) in [7, 11) is 0. The van der Waals surface area contributed by atoms with E-state index in [-0.39, 0.29) is 18.6 Å². The zero-order chi connectivity index (χ0) is 25.0. The molecule has 0 fully saturated rings. The van der Waals surface area contributed by atoms with Gasteiger partial charge in [-0.2, -0.15) is 12.6 Å². The Bertz CT molecular complexity index is 777. The average Bonchev–Trinajstić information content (AvgIpc) is 3.28. The molecule has 0 radical (unpaired) electrons. The van der Waals surface area contributed by atoms with Crippen LogP contribution in [0.1, 0.15) is 31.9 Å². The maximum Gasteiger partial charge on any atom is 0.326 e. The van der Waals surface area contributed by atoms with Crippen molar-refractivity contribution >= 4 is 36.3 Å². The third kappa shape index (κ3) is 9.77. The summed E-state index contributed by atoms with van der Waals surface area (Å²) in [5.41, 5.74) is 11.6. The molecule has 13 nitrogen and oxygen atoms in total. The minimum absolute atomic E-state index is 0.00184. The van der Waals surface area contributed by atoms with E-state index in [4.69, 9.17) is 11.5 Å². The summed E-state index contributed by atoms with van der Waals surface area (Å²) in [6.07, 6.45) is 3.01. The largest absolute Gasteiger partial charge is 0.480 e. The summed E-state index contributed by atoms with van der Waals surface area (Å²) < 4.78 is 0. The van der Waals surface area contributed by atoms with Crippen molar-refractivity contribution in [3.05, 3.63) is 18.2 Å². The van der Waals surface area contributed by atoms with Crippen LogP contribution in [0.3, 0.4) is 0 Å². The maximum absolute atomic E-state index is 12.9. The fraction of sp³-hybridized carbons (Fsp3) is 0.632. The molecule has 0 aromatic carbocycles. The number of aliphatic carboxylic acids is 1. The van der Waals surface area contributed by atoms with E-state index in [0.717, 1.165) is 0 Å². The number of amides is 3. The Kier molecular flexibility index (Phi) is 12.4. The summed E-state index contributed by atoms with van der Waals surface area (Å²) in [6.45, 7) is 1.74. The molecule has 1 rings (SSSR count). The highest BCUT2D eigenvalue weighted by atomic mass is 32.1. The van der Waals surface area contributed by atoms with Gasteiger partial charge < -0.3 is 42.6 Å². The van der Waals surface area contributed by atoms with E-state index in [2.05, 4.69) is 38.5 Å². The summed E-state index contributed by atoms with van der Waals surface area (Å²) in [4.78, 5) is 55.9. The number of aliphatic hydroxyl groups is 1. The Morgan fingerprint density at radius 2 is 1.70 bits per heavy atom. The fourth-order valence-corrected chi connectivity index (χ4v) is 3.06. The zero-order valence-corrected chi connectivity index (χ0v) is 19.3. The highest BCUT2D eigenvalue weighted by Crippen LogP contribution is 2.04. The number of aliphatic hydroxyl groups excluding tert-OH is 1. The molecule has 1 heterocycles. The summed E-state index contributed by atoms with van der Waals surface area (Å²) in [6, 6.07) is -4.73. The van der Waals surface area contributed by atoms with Crippen molar-refractivity contribution in [2.45, 2.75) is 62.9 Å². The van der Waals surface area contributed by atoms with Gasteiger partial charge in [-0.05, 0) is 32.7 Å². The Labute approximate surface area is 196 Å². The van der Waals surface area contributed by atoms with Crippen LogP contribution in [0.4, 0.5) is 0 Å². The lowest BCUT2D eigenvalue weighted by atomic mass is 10.1. The number of rotatable bonds is 15. The van der Waals surface area contributed by atoms with Crippen LogP contribution in [-0.4, -0.2) is 86.4 Å². The number of hydrogen-bond donors (Lipinski definition) is 9. The van der Waals surface area contributed by atoms with Crippen molar-refractivity contribution in [1.29, 1.82) is 0 Å². The number of hydrogen-bond acceptors (Lipinski definition) is 9. The first-order chi connectivity index (χ1) is 15.6. The molecule has 1 aromatic rings. The quantitative estimate of drug-likeness (QED) is 0.0922. The maximum atomic E-state index is 12.9. The summed E-state index contributed by atoms with van der Waals surface area (Å²) in [5, 5.41) is 26.2. The Balaban J connectivity index is 2.88. The van der Waals surface area contributed by atoms with Gasteiger partial charge in [-0.25, -0.2) is 9.78 Å². The molecule has 5 atom stereocenters. The van der Waals surface area contributed by atoms with Crippen molar-refractivity contribution < 1.29 is 29.4 Å². The third-order valence-corrected chi connectivity index (χ3v) is 5.18. The summed E-state index contributed by atoms with van der Waals surface area (Å²) in [5.74, 6) is -3.54. The number of imidazole rings is 1. The van der Waals surface area contributed by atoms with Gasteiger partial charge in [0.25, 0.3) is 0 Å². The first-order valence-corrected chi connectivity index (χ1v) is 11.1. The van der Waals surface area contributed by atoms with Gasteiger partial charge in [0.05, 0.1) is 12.4 Å². The predicted octanol–water partition coefficient (Wildman–Crippen LogP) is -2.74. The highest BCUT2D eigenvalue weighted by molar-refractivity contribution is 7.80. The number of carbonyl (C=O) groups is 4. The van der Waals surface area contributed by atoms with Gasteiger partial charge in [-0.15, -0.1) is 0 Å². The third-order valence-electron chi connectivity index (χ3n) is 4.81. The lowest BCUT2D eigenvalue weighted by Gasteiger charge is -2.24. The zero-order valence-electron chi connectivity index (χ0n) is 18.4. The van der Waals surface area contributed by atoms with E-state index in [9.17, 15) is 29.4 Å². The van der Waals surface area contributed by atoms with E-state index >= 15 is 0 Å². The first-order valence-electron chi connectivity index (χ1n) is 10.5. The normalized spacial score (nSPS) is 15.5. The molecule has 3 amide bonds. The van der Waals surface area contributed by atoms with Crippen molar-refractivity contribution in [2.75, 3.05) is 12.3 Å². The van der Waals surface area contributed by atoms with Gasteiger partial charge in [-0.1, -0.05) is 0 Å². The molecule has 0 saturated carbocycles. The number of carbonyl (C=O) groups excluding carboxylic acids is 3. The Hall–Kier alpha value is -2.68. The number of nitrogens with zero attached hydrogens (tertiary/aromatic N) is 1. The van der Waals surface area contributed by atoms with Gasteiger partial charge in [-0.3, -0.25) is 14.4 Å². The number of nitrogens with one attached hydrogen (secondary N) is 4. The second-order valence-corrected chi connectivity index (χ2v) is 7.90. The molecular weight excluding hydrogens is 454 g/mol. The van der Waals surface area contributed by atoms with E-state index in [0.29, 0.717) is 25.1 Å². The molecule has 0 aliphatic carbocycles. The number of aromatic nitrogens is 2. The molecule has 0 spiro atoms. The minimum Gasteiger partial charge on any atom is -0.480 e. The van der Waals surface area contributed by atoms with Crippen LogP contribution < -0.4 is 27.4 Å². The smallest absolute Gasteiger partial charge is 0.326 e. The number of carboxylic acid groups (broad SMARTS) is 1. The number of thiol groups is 1. The Morgan fingerprint density at radius 1 is 1.09 bits per heavy atom. The molecule has 10 N–H and O–H groups in total. The van der Waals surface area contributed by atoms with Crippen LogP contribution in [0.5, 0.6) is 0 Å². The second-order valence-electron chi connectivity index (χ2n) is 7.54. The number of H-pyrrole nitrogens is 1. The lowest BCUT2D eigenvalue weighted by Crippen LogP contribution is -2.59. The van der Waals surface area contributed by atoms with Gasteiger partial charge >= 0.3 is 5.97 Å². The monoisotopic (exact) mass is 487 g/mol. The van der Waals surface area contributed by atoms with Crippen LogP contribution in [0, 0.1) is 0 Å². The number of nitrogens with two attached hydrogens (primary N) is 2. The predicted molar refractivity (Wildman–Crippen MR) is 122 cm³/mol. The second kappa shape index (κ2) is 14.5. The lowest BCUT2D eigenvalue weighted by molar-refractivity contribution is -0.142. The van der Waals surface area contributed by atoms with Crippen molar-refractivity contribution in [1.82, 2.24) is 25.9 Å². The van der Waals surface area contributed by atoms with Gasteiger partial charge in [0, 0.05) is 24.1 Å². The van der Waals surface area contributed by atoms with Gasteiger partial charge in [0.2, 0.25) is 17.7 Å². The van der Waals surface area contributed by atoms with Crippen molar-refractivity contribution in [2.24, 2.45) is 11.5 Å². The van der Waals surface area contributed by atoms with Crippen LogP contribution in [-0.2, 0) is 25.6 Å². The minimum atomic E-state index is -1.27. The van der Waals surface area contributed by atoms with Gasteiger partial charge in [0.15, 0.2) is 0 Å². The van der Waals surface area contributed by atoms with E-state index < -0.39 is 54.0 Å². The molecule has 0 bridgehead atoms. The molecule has 0 aliphatic rings.